The predicted molar refractivity (Wildman–Crippen MR) is 143 cm³/mol. The summed E-state index contributed by atoms with van der Waals surface area (Å²) in [7, 11) is 0. The van der Waals surface area contributed by atoms with Gasteiger partial charge in [0.2, 0.25) is 5.90 Å². The van der Waals surface area contributed by atoms with Gasteiger partial charge in [0.15, 0.2) is 0 Å². The minimum absolute atomic E-state index is 0.0343. The van der Waals surface area contributed by atoms with Crippen molar-refractivity contribution in [2.45, 2.75) is 96.4 Å². The molecule has 1 heterocycles. The molecule has 37 heavy (non-hydrogen) atoms. The molecule has 200 valence electrons. The average Bonchev–Trinajstić information content (AvgIpc) is 3.22. The van der Waals surface area contributed by atoms with Crippen molar-refractivity contribution in [2.24, 2.45) is 22.7 Å². The molecule has 3 aliphatic rings. The Bertz CT molecular complexity index is 1130. The molecule has 5 rings (SSSR count). The van der Waals surface area contributed by atoms with Crippen LogP contribution in [0.5, 0.6) is 0 Å². The van der Waals surface area contributed by atoms with Crippen molar-refractivity contribution < 1.29 is 17.9 Å². The molecular weight excluding hydrogens is 471 g/mol. The fourth-order valence-corrected chi connectivity index (χ4v) is 6.90. The molecule has 2 aromatic carbocycles. The van der Waals surface area contributed by atoms with Crippen LogP contribution in [0.2, 0.25) is 0 Å². The number of rotatable bonds is 7. The Morgan fingerprint density at radius 2 is 1.62 bits per heavy atom. The Morgan fingerprint density at radius 1 is 0.892 bits per heavy atom. The number of hydrogen-bond donors (Lipinski definition) is 0. The van der Waals surface area contributed by atoms with Gasteiger partial charge in [-0.3, -0.25) is 0 Å². The number of ether oxygens (including phenoxy) is 1. The maximum atomic E-state index is 15.3. The molecule has 0 aromatic heterocycles. The topological polar surface area (TPSA) is 21.6 Å². The summed E-state index contributed by atoms with van der Waals surface area (Å²) in [5.41, 5.74) is 0.596. The first-order valence-corrected chi connectivity index (χ1v) is 14.3. The third-order valence-electron chi connectivity index (χ3n) is 8.94. The lowest BCUT2D eigenvalue weighted by molar-refractivity contribution is 0.113. The third kappa shape index (κ3) is 5.76. The number of nitrogens with zero attached hydrogens (tertiary/aromatic N) is 1. The van der Waals surface area contributed by atoms with Gasteiger partial charge in [0.1, 0.15) is 29.6 Å². The molecule has 2 fully saturated rings. The molecule has 0 radical (unpaired) electrons. The van der Waals surface area contributed by atoms with Gasteiger partial charge in [0.25, 0.3) is 0 Å². The lowest BCUT2D eigenvalue weighted by Gasteiger charge is -2.42. The van der Waals surface area contributed by atoms with Gasteiger partial charge in [-0.15, -0.1) is 0 Å². The summed E-state index contributed by atoms with van der Waals surface area (Å²) < 4.78 is 50.6. The smallest absolute Gasteiger partial charge is 0.222 e. The molecule has 0 N–H and O–H groups in total. The molecule has 2 nitrogen and oxygen atoms in total. The zero-order chi connectivity index (χ0) is 26.2. The van der Waals surface area contributed by atoms with Crippen LogP contribution in [-0.2, 0) is 4.74 Å². The van der Waals surface area contributed by atoms with Gasteiger partial charge in [-0.2, -0.15) is 0 Å². The zero-order valence-electron chi connectivity index (χ0n) is 22.5. The van der Waals surface area contributed by atoms with Crippen LogP contribution >= 0.6 is 0 Å². The molecule has 1 aliphatic heterocycles. The van der Waals surface area contributed by atoms with E-state index in [1.165, 1.54) is 63.5 Å². The summed E-state index contributed by atoms with van der Waals surface area (Å²) in [5, 5.41) is 0. The maximum absolute atomic E-state index is 15.3. The Balaban J connectivity index is 1.28. The zero-order valence-corrected chi connectivity index (χ0v) is 22.5. The van der Waals surface area contributed by atoms with Crippen LogP contribution < -0.4 is 0 Å². The maximum Gasteiger partial charge on any atom is 0.222 e. The van der Waals surface area contributed by atoms with E-state index in [9.17, 15) is 8.78 Å². The van der Waals surface area contributed by atoms with Crippen LogP contribution in [0.4, 0.5) is 13.2 Å². The van der Waals surface area contributed by atoms with E-state index in [1.807, 2.05) is 19.9 Å². The van der Waals surface area contributed by atoms with E-state index in [-0.39, 0.29) is 29.2 Å². The fourth-order valence-electron chi connectivity index (χ4n) is 6.90. The number of halogens is 3. The minimum atomic E-state index is -0.793. The first kappa shape index (κ1) is 26.3. The van der Waals surface area contributed by atoms with Crippen molar-refractivity contribution in [1.82, 2.24) is 0 Å². The first-order valence-electron chi connectivity index (χ1n) is 14.3. The molecule has 1 unspecified atom stereocenters. The van der Waals surface area contributed by atoms with Crippen molar-refractivity contribution in [3.63, 3.8) is 0 Å². The Hall–Kier alpha value is -2.30. The molecule has 0 saturated heterocycles. The molecule has 4 atom stereocenters. The van der Waals surface area contributed by atoms with Crippen LogP contribution in [0.3, 0.4) is 0 Å². The molecule has 5 heteroatoms. The van der Waals surface area contributed by atoms with Crippen LogP contribution in [0.25, 0.3) is 11.1 Å². The van der Waals surface area contributed by atoms with Crippen LogP contribution in [0.15, 0.2) is 35.3 Å². The summed E-state index contributed by atoms with van der Waals surface area (Å²) in [6.07, 6.45) is 12.8. The van der Waals surface area contributed by atoms with Gasteiger partial charge in [-0.25, -0.2) is 18.2 Å². The van der Waals surface area contributed by atoms with Crippen molar-refractivity contribution >= 4 is 5.90 Å². The monoisotopic (exact) mass is 511 g/mol. The average molecular weight is 512 g/mol. The molecular formula is C32H40F3NO. The van der Waals surface area contributed by atoms with E-state index in [0.29, 0.717) is 5.92 Å². The van der Waals surface area contributed by atoms with Crippen LogP contribution in [0, 0.1) is 35.2 Å². The Labute approximate surface area is 219 Å². The Kier molecular flexibility index (Phi) is 7.70. The van der Waals surface area contributed by atoms with Crippen molar-refractivity contribution in [1.29, 1.82) is 0 Å². The van der Waals surface area contributed by atoms with E-state index in [1.54, 1.807) is 12.1 Å². The molecule has 2 aliphatic carbocycles. The summed E-state index contributed by atoms with van der Waals surface area (Å²) in [6, 6.07) is 7.58. The number of unbranched alkanes of at least 4 members (excludes halogenated alkanes) is 2. The van der Waals surface area contributed by atoms with Crippen LogP contribution in [-0.4, -0.2) is 18.0 Å². The molecule has 2 aromatic rings. The highest BCUT2D eigenvalue weighted by Crippen LogP contribution is 2.48. The quantitative estimate of drug-likeness (QED) is 0.340. The number of aliphatic imine (C=N–C) groups is 1. The van der Waals surface area contributed by atoms with Gasteiger partial charge in [-0.1, -0.05) is 51.2 Å². The van der Waals surface area contributed by atoms with Gasteiger partial charge in [-0.05, 0) is 98.9 Å². The van der Waals surface area contributed by atoms with Crippen molar-refractivity contribution in [2.75, 3.05) is 6.61 Å². The number of fused-ring (bicyclic) bond motifs is 1. The van der Waals surface area contributed by atoms with Crippen LogP contribution in [0.1, 0.15) is 102 Å². The lowest BCUT2D eigenvalue weighted by Crippen LogP contribution is -2.30. The fraction of sp³-hybridized carbons (Fsp3) is 0.594. The van der Waals surface area contributed by atoms with E-state index in [2.05, 4.69) is 11.9 Å². The first-order chi connectivity index (χ1) is 17.7. The largest absolute Gasteiger partial charge is 0.475 e. The highest BCUT2D eigenvalue weighted by atomic mass is 19.1. The minimum Gasteiger partial charge on any atom is -0.475 e. The molecule has 0 amide bonds. The molecule has 0 spiro atoms. The standard InChI is InChI=1S/C32H40F3NO/c1-4-5-6-7-20-8-9-22-15-23(11-10-21(22)14-20)24-12-13-26(27(33)16-24)25-17-28(34)30(29(35)18-25)31-36-32(2,3)19-37-31/h12-13,16-18,20-23H,4-11,14-15,19H2,1-3H3/t20?,21-,22-,23-/m1/s1. The van der Waals surface area contributed by atoms with Crippen molar-refractivity contribution in [3.8, 4) is 11.1 Å². The highest BCUT2D eigenvalue weighted by molar-refractivity contribution is 5.96. The SMILES string of the molecule is CCCCCC1CC[C@@H]2C[C@H](c3ccc(-c4cc(F)c(C5=NC(C)(C)CO5)c(F)c4)c(F)c3)CC[C@@H]2C1. The number of benzene rings is 2. The molecule has 0 bridgehead atoms. The normalized spacial score (nSPS) is 26.9. The summed E-state index contributed by atoms with van der Waals surface area (Å²) >= 11 is 0. The van der Waals surface area contributed by atoms with Gasteiger partial charge < -0.3 is 4.74 Å². The summed E-state index contributed by atoms with van der Waals surface area (Å²) in [4.78, 5) is 4.29. The van der Waals surface area contributed by atoms with Crippen molar-refractivity contribution in [3.05, 3.63) is 58.9 Å². The second-order valence-corrected chi connectivity index (χ2v) is 12.3. The lowest BCUT2D eigenvalue weighted by atomic mass is 9.63. The number of hydrogen-bond acceptors (Lipinski definition) is 2. The van der Waals surface area contributed by atoms with E-state index >= 15 is 4.39 Å². The Morgan fingerprint density at radius 3 is 2.30 bits per heavy atom. The predicted octanol–water partition coefficient (Wildman–Crippen LogP) is 9.21. The third-order valence-corrected chi connectivity index (χ3v) is 8.94. The van der Waals surface area contributed by atoms with E-state index in [0.717, 1.165) is 36.2 Å². The van der Waals surface area contributed by atoms with E-state index in [4.69, 9.17) is 4.74 Å². The second kappa shape index (κ2) is 10.8. The molecule has 2 saturated carbocycles. The summed E-state index contributed by atoms with van der Waals surface area (Å²) in [6.45, 7) is 6.21. The second-order valence-electron chi connectivity index (χ2n) is 12.3. The van der Waals surface area contributed by atoms with Gasteiger partial charge >= 0.3 is 0 Å². The van der Waals surface area contributed by atoms with Gasteiger partial charge in [0.05, 0.1) is 5.54 Å². The highest BCUT2D eigenvalue weighted by Gasteiger charge is 2.36. The summed E-state index contributed by atoms with van der Waals surface area (Å²) in [5.74, 6) is 0.770. The van der Waals surface area contributed by atoms with Gasteiger partial charge in [0, 0.05) is 5.56 Å². The van der Waals surface area contributed by atoms with E-state index < -0.39 is 23.0 Å².